The van der Waals surface area contributed by atoms with Crippen LogP contribution in [0.15, 0.2) is 18.2 Å². The molecule has 1 N–H and O–H groups in total. The van der Waals surface area contributed by atoms with E-state index in [2.05, 4.69) is 25.4 Å². The number of aromatic amines is 1. The molecule has 0 atom stereocenters. The first kappa shape index (κ1) is 10.2. The number of nitrogens with zero attached hydrogens (tertiary/aromatic N) is 3. The van der Waals surface area contributed by atoms with Gasteiger partial charge in [0.1, 0.15) is 5.82 Å². The summed E-state index contributed by atoms with van der Waals surface area (Å²) >= 11 is 0. The SMILES string of the molecule is COC(=O)c1ccc(-c2nn[nH]n2)cc1F. The number of tetrazole rings is 1. The monoisotopic (exact) mass is 222 g/mol. The zero-order valence-electron chi connectivity index (χ0n) is 8.27. The minimum atomic E-state index is -0.725. The lowest BCUT2D eigenvalue weighted by Gasteiger charge is -2.01. The number of aromatic nitrogens is 4. The van der Waals surface area contributed by atoms with Crippen molar-refractivity contribution in [3.05, 3.63) is 29.6 Å². The second-order valence-electron chi connectivity index (χ2n) is 2.92. The fourth-order valence-corrected chi connectivity index (χ4v) is 1.21. The number of hydrogen-bond donors (Lipinski definition) is 1. The first-order valence-electron chi connectivity index (χ1n) is 4.34. The number of nitrogens with one attached hydrogen (secondary N) is 1. The van der Waals surface area contributed by atoms with Crippen molar-refractivity contribution in [2.24, 2.45) is 0 Å². The van der Waals surface area contributed by atoms with E-state index in [1.807, 2.05) is 0 Å². The quantitative estimate of drug-likeness (QED) is 0.760. The molecule has 0 fully saturated rings. The van der Waals surface area contributed by atoms with Crippen LogP contribution in [0, 0.1) is 5.82 Å². The van der Waals surface area contributed by atoms with Crippen molar-refractivity contribution >= 4 is 5.97 Å². The van der Waals surface area contributed by atoms with E-state index >= 15 is 0 Å². The lowest BCUT2D eigenvalue weighted by atomic mass is 10.1. The molecule has 16 heavy (non-hydrogen) atoms. The van der Waals surface area contributed by atoms with E-state index in [4.69, 9.17) is 0 Å². The Hall–Kier alpha value is -2.31. The summed E-state index contributed by atoms with van der Waals surface area (Å²) in [5.74, 6) is -1.15. The Bertz CT molecular complexity index is 512. The fourth-order valence-electron chi connectivity index (χ4n) is 1.21. The van der Waals surface area contributed by atoms with E-state index in [0.717, 1.165) is 6.07 Å². The largest absolute Gasteiger partial charge is 0.465 e. The number of H-pyrrole nitrogens is 1. The predicted molar refractivity (Wildman–Crippen MR) is 50.9 cm³/mol. The van der Waals surface area contributed by atoms with Crippen LogP contribution >= 0.6 is 0 Å². The van der Waals surface area contributed by atoms with Gasteiger partial charge < -0.3 is 4.74 Å². The number of hydrogen-bond acceptors (Lipinski definition) is 5. The van der Waals surface area contributed by atoms with Crippen LogP contribution in [0.5, 0.6) is 0 Å². The van der Waals surface area contributed by atoms with Gasteiger partial charge in [-0.05, 0) is 23.4 Å². The van der Waals surface area contributed by atoms with Gasteiger partial charge in [-0.3, -0.25) is 0 Å². The molecule has 1 aromatic heterocycles. The van der Waals surface area contributed by atoms with E-state index in [9.17, 15) is 9.18 Å². The minimum absolute atomic E-state index is 0.130. The highest BCUT2D eigenvalue weighted by Crippen LogP contribution is 2.18. The Balaban J connectivity index is 2.41. The van der Waals surface area contributed by atoms with Gasteiger partial charge in [-0.2, -0.15) is 5.21 Å². The molecule has 0 spiro atoms. The highest BCUT2D eigenvalue weighted by atomic mass is 19.1. The van der Waals surface area contributed by atoms with Gasteiger partial charge in [-0.1, -0.05) is 0 Å². The highest BCUT2D eigenvalue weighted by Gasteiger charge is 2.13. The highest BCUT2D eigenvalue weighted by molar-refractivity contribution is 5.90. The normalized spacial score (nSPS) is 10.1. The Morgan fingerprint density at radius 1 is 1.50 bits per heavy atom. The van der Waals surface area contributed by atoms with E-state index in [0.29, 0.717) is 5.56 Å². The van der Waals surface area contributed by atoms with E-state index < -0.39 is 11.8 Å². The van der Waals surface area contributed by atoms with Gasteiger partial charge in [0.2, 0.25) is 5.82 Å². The molecule has 0 bridgehead atoms. The van der Waals surface area contributed by atoms with Gasteiger partial charge in [-0.15, -0.1) is 10.2 Å². The molecule has 6 nitrogen and oxygen atoms in total. The average Bonchev–Trinajstić information content (AvgIpc) is 2.81. The zero-order valence-corrected chi connectivity index (χ0v) is 8.27. The average molecular weight is 222 g/mol. The standard InChI is InChI=1S/C9H7FN4O2/c1-16-9(15)6-3-2-5(4-7(6)10)8-11-13-14-12-8/h2-4H,1H3,(H,11,12,13,14). The van der Waals surface area contributed by atoms with Crippen LogP contribution in [-0.2, 0) is 4.74 Å². The number of carbonyl (C=O) groups excluding carboxylic acids is 1. The van der Waals surface area contributed by atoms with Crippen molar-refractivity contribution in [2.75, 3.05) is 7.11 Å². The fraction of sp³-hybridized carbons (Fsp3) is 0.111. The van der Waals surface area contributed by atoms with Gasteiger partial charge >= 0.3 is 5.97 Å². The summed E-state index contributed by atoms with van der Waals surface area (Å²) in [5, 5.41) is 13.0. The molecule has 1 heterocycles. The maximum atomic E-state index is 13.5. The Morgan fingerprint density at radius 3 is 2.88 bits per heavy atom. The Labute approximate surface area is 89.4 Å². The molecule has 0 aliphatic carbocycles. The lowest BCUT2D eigenvalue weighted by molar-refractivity contribution is 0.0595. The summed E-state index contributed by atoms with van der Waals surface area (Å²) in [6.07, 6.45) is 0. The number of ether oxygens (including phenoxy) is 1. The van der Waals surface area contributed by atoms with Crippen molar-refractivity contribution in [1.82, 2.24) is 20.6 Å². The zero-order chi connectivity index (χ0) is 11.5. The molecule has 0 saturated carbocycles. The molecule has 2 rings (SSSR count). The number of rotatable bonds is 2. The lowest BCUT2D eigenvalue weighted by Crippen LogP contribution is -2.04. The van der Waals surface area contributed by atoms with Gasteiger partial charge in [0, 0.05) is 5.56 Å². The molecule has 1 aromatic carbocycles. The van der Waals surface area contributed by atoms with Crippen LogP contribution in [0.2, 0.25) is 0 Å². The molecule has 0 saturated heterocycles. The maximum Gasteiger partial charge on any atom is 0.340 e. The molecule has 2 aromatic rings. The van der Waals surface area contributed by atoms with Crippen molar-refractivity contribution in [3.63, 3.8) is 0 Å². The van der Waals surface area contributed by atoms with Crippen molar-refractivity contribution in [1.29, 1.82) is 0 Å². The Kier molecular flexibility index (Phi) is 2.59. The first-order chi connectivity index (χ1) is 7.72. The first-order valence-corrected chi connectivity index (χ1v) is 4.34. The molecule has 0 radical (unpaired) electrons. The van der Waals surface area contributed by atoms with Crippen LogP contribution in [-0.4, -0.2) is 33.7 Å². The summed E-state index contributed by atoms with van der Waals surface area (Å²) in [6, 6.07) is 3.98. The van der Waals surface area contributed by atoms with Gasteiger partial charge in [-0.25, -0.2) is 9.18 Å². The third-order valence-corrected chi connectivity index (χ3v) is 1.98. The summed E-state index contributed by atoms with van der Waals surface area (Å²) in [6.45, 7) is 0. The molecular weight excluding hydrogens is 215 g/mol. The second kappa shape index (κ2) is 4.05. The summed E-state index contributed by atoms with van der Waals surface area (Å²) in [4.78, 5) is 11.1. The summed E-state index contributed by atoms with van der Waals surface area (Å²) < 4.78 is 17.9. The maximum absolute atomic E-state index is 13.5. The van der Waals surface area contributed by atoms with Crippen LogP contribution < -0.4 is 0 Å². The van der Waals surface area contributed by atoms with E-state index in [1.54, 1.807) is 0 Å². The molecule has 82 valence electrons. The molecular formula is C9H7FN4O2. The van der Waals surface area contributed by atoms with Crippen molar-refractivity contribution < 1.29 is 13.9 Å². The second-order valence-corrected chi connectivity index (χ2v) is 2.92. The topological polar surface area (TPSA) is 80.8 Å². The molecule has 0 aliphatic heterocycles. The third kappa shape index (κ3) is 1.74. The third-order valence-electron chi connectivity index (χ3n) is 1.98. The van der Waals surface area contributed by atoms with Crippen molar-refractivity contribution in [2.45, 2.75) is 0 Å². The minimum Gasteiger partial charge on any atom is -0.465 e. The number of esters is 1. The molecule has 0 aliphatic rings. The summed E-state index contributed by atoms with van der Waals surface area (Å²) in [7, 11) is 1.19. The summed E-state index contributed by atoms with van der Waals surface area (Å²) in [5.41, 5.74) is 0.300. The smallest absolute Gasteiger partial charge is 0.340 e. The van der Waals surface area contributed by atoms with Gasteiger partial charge in [0.05, 0.1) is 12.7 Å². The van der Waals surface area contributed by atoms with Crippen LogP contribution in [0.4, 0.5) is 4.39 Å². The molecule has 0 amide bonds. The number of benzene rings is 1. The van der Waals surface area contributed by atoms with E-state index in [1.165, 1.54) is 19.2 Å². The van der Waals surface area contributed by atoms with Gasteiger partial charge in [0.15, 0.2) is 0 Å². The molecule has 0 unspecified atom stereocenters. The van der Waals surface area contributed by atoms with Crippen molar-refractivity contribution in [3.8, 4) is 11.4 Å². The molecule has 7 heteroatoms. The number of methoxy groups -OCH3 is 1. The van der Waals surface area contributed by atoms with E-state index in [-0.39, 0.29) is 11.4 Å². The van der Waals surface area contributed by atoms with Crippen LogP contribution in [0.1, 0.15) is 10.4 Å². The number of halogens is 1. The predicted octanol–water partition coefficient (Wildman–Crippen LogP) is 0.792. The number of carbonyl (C=O) groups is 1. The Morgan fingerprint density at radius 2 is 2.31 bits per heavy atom. The van der Waals surface area contributed by atoms with Crippen LogP contribution in [0.25, 0.3) is 11.4 Å². The van der Waals surface area contributed by atoms with Crippen LogP contribution in [0.3, 0.4) is 0 Å². The van der Waals surface area contributed by atoms with Gasteiger partial charge in [0.25, 0.3) is 0 Å².